The van der Waals surface area contributed by atoms with Crippen LogP contribution in [0.2, 0.25) is 4.34 Å². The lowest BCUT2D eigenvalue weighted by Gasteiger charge is -2.00. The molecule has 2 aromatic rings. The summed E-state index contributed by atoms with van der Waals surface area (Å²) in [6.07, 6.45) is 0. The molecular formula is C9H6Cl2OS. The Kier molecular flexibility index (Phi) is 2.37. The van der Waals surface area contributed by atoms with Gasteiger partial charge in [-0.05, 0) is 12.1 Å². The van der Waals surface area contributed by atoms with Gasteiger partial charge in [0.2, 0.25) is 0 Å². The Labute approximate surface area is 89.5 Å². The summed E-state index contributed by atoms with van der Waals surface area (Å²) < 4.78 is 1.66. The highest BCUT2D eigenvalue weighted by molar-refractivity contribution is 7.22. The lowest BCUT2D eigenvalue weighted by molar-refractivity contribution is 0.477. The molecule has 1 aromatic heterocycles. The van der Waals surface area contributed by atoms with Gasteiger partial charge in [0.15, 0.2) is 0 Å². The molecule has 0 unspecified atom stereocenters. The van der Waals surface area contributed by atoms with E-state index in [2.05, 4.69) is 0 Å². The van der Waals surface area contributed by atoms with Crippen LogP contribution in [-0.4, -0.2) is 5.11 Å². The third-order valence-electron chi connectivity index (χ3n) is 1.87. The fourth-order valence-corrected chi connectivity index (χ4v) is 2.58. The van der Waals surface area contributed by atoms with Crippen LogP contribution in [0.15, 0.2) is 18.2 Å². The van der Waals surface area contributed by atoms with Gasteiger partial charge in [-0.1, -0.05) is 17.7 Å². The van der Waals surface area contributed by atoms with Gasteiger partial charge in [0.25, 0.3) is 0 Å². The van der Waals surface area contributed by atoms with Gasteiger partial charge in [-0.25, -0.2) is 0 Å². The lowest BCUT2D eigenvalue weighted by Crippen LogP contribution is -1.78. The number of hydrogen-bond donors (Lipinski definition) is 1. The van der Waals surface area contributed by atoms with E-state index in [-0.39, 0.29) is 5.75 Å². The zero-order valence-corrected chi connectivity index (χ0v) is 8.88. The second-order valence-electron chi connectivity index (χ2n) is 2.67. The Bertz CT molecular complexity index is 450. The van der Waals surface area contributed by atoms with Crippen molar-refractivity contribution in [1.29, 1.82) is 0 Å². The predicted octanol–water partition coefficient (Wildman–Crippen LogP) is 4.00. The van der Waals surface area contributed by atoms with E-state index in [1.54, 1.807) is 6.07 Å². The molecular weight excluding hydrogens is 227 g/mol. The van der Waals surface area contributed by atoms with Crippen LogP contribution in [0.3, 0.4) is 0 Å². The SMILES string of the molecule is Oc1c(CCl)ccc2sc(Cl)cc12. The zero-order valence-electron chi connectivity index (χ0n) is 6.55. The Balaban J connectivity index is 2.78. The van der Waals surface area contributed by atoms with Crippen molar-refractivity contribution in [3.63, 3.8) is 0 Å². The van der Waals surface area contributed by atoms with Gasteiger partial charge in [0.1, 0.15) is 5.75 Å². The van der Waals surface area contributed by atoms with Crippen LogP contribution in [0, 0.1) is 0 Å². The van der Waals surface area contributed by atoms with Crippen molar-refractivity contribution in [2.75, 3.05) is 0 Å². The molecule has 0 aliphatic rings. The summed E-state index contributed by atoms with van der Waals surface area (Å²) in [6, 6.07) is 5.49. The lowest BCUT2D eigenvalue weighted by atomic mass is 10.1. The average Bonchev–Trinajstić information content (AvgIpc) is 2.47. The van der Waals surface area contributed by atoms with Crippen LogP contribution in [-0.2, 0) is 5.88 Å². The summed E-state index contributed by atoms with van der Waals surface area (Å²) in [7, 11) is 0. The molecule has 0 amide bonds. The van der Waals surface area contributed by atoms with Gasteiger partial charge in [-0.15, -0.1) is 22.9 Å². The number of benzene rings is 1. The molecule has 1 nitrogen and oxygen atoms in total. The number of thiophene rings is 1. The van der Waals surface area contributed by atoms with Gasteiger partial charge in [0.05, 0.1) is 10.2 Å². The van der Waals surface area contributed by atoms with E-state index in [0.717, 1.165) is 15.6 Å². The molecule has 0 spiro atoms. The van der Waals surface area contributed by atoms with Crippen molar-refractivity contribution < 1.29 is 5.11 Å². The predicted molar refractivity (Wildman–Crippen MR) is 58.1 cm³/mol. The Morgan fingerprint density at radius 3 is 2.85 bits per heavy atom. The number of hydrogen-bond acceptors (Lipinski definition) is 2. The number of aromatic hydroxyl groups is 1. The van der Waals surface area contributed by atoms with Crippen molar-refractivity contribution in [3.8, 4) is 5.75 Å². The smallest absolute Gasteiger partial charge is 0.128 e. The Morgan fingerprint density at radius 2 is 2.15 bits per heavy atom. The monoisotopic (exact) mass is 232 g/mol. The Hall–Kier alpha value is -0.440. The molecule has 4 heteroatoms. The quantitative estimate of drug-likeness (QED) is 0.738. The molecule has 0 saturated carbocycles. The Morgan fingerprint density at radius 1 is 1.38 bits per heavy atom. The summed E-state index contributed by atoms with van der Waals surface area (Å²) in [5, 5.41) is 10.5. The normalized spacial score (nSPS) is 10.9. The van der Waals surface area contributed by atoms with Gasteiger partial charge in [-0.3, -0.25) is 0 Å². The zero-order chi connectivity index (χ0) is 9.42. The first-order valence-electron chi connectivity index (χ1n) is 3.68. The number of alkyl halides is 1. The maximum Gasteiger partial charge on any atom is 0.128 e. The first kappa shape index (κ1) is 9.13. The minimum absolute atomic E-state index is 0.246. The maximum absolute atomic E-state index is 9.73. The first-order valence-corrected chi connectivity index (χ1v) is 5.41. The number of phenolic OH excluding ortho intramolecular Hbond substituents is 1. The molecule has 1 aromatic carbocycles. The van der Waals surface area contributed by atoms with E-state index in [9.17, 15) is 5.11 Å². The van der Waals surface area contributed by atoms with Gasteiger partial charge in [0, 0.05) is 15.6 Å². The topological polar surface area (TPSA) is 20.2 Å². The van der Waals surface area contributed by atoms with E-state index >= 15 is 0 Å². The van der Waals surface area contributed by atoms with Gasteiger partial charge < -0.3 is 5.11 Å². The van der Waals surface area contributed by atoms with Crippen molar-refractivity contribution >= 4 is 44.6 Å². The van der Waals surface area contributed by atoms with Crippen molar-refractivity contribution in [2.45, 2.75) is 5.88 Å². The highest BCUT2D eigenvalue weighted by Crippen LogP contribution is 2.37. The average molecular weight is 233 g/mol. The highest BCUT2D eigenvalue weighted by atomic mass is 35.5. The molecule has 0 saturated heterocycles. The molecule has 0 radical (unpaired) electrons. The minimum atomic E-state index is 0.246. The van der Waals surface area contributed by atoms with Crippen LogP contribution in [0.5, 0.6) is 5.75 Å². The van der Waals surface area contributed by atoms with E-state index < -0.39 is 0 Å². The molecule has 1 N–H and O–H groups in total. The summed E-state index contributed by atoms with van der Waals surface area (Å²) >= 11 is 12.9. The molecule has 2 rings (SSSR count). The van der Waals surface area contributed by atoms with Crippen LogP contribution < -0.4 is 0 Å². The molecule has 0 aliphatic carbocycles. The fourth-order valence-electron chi connectivity index (χ4n) is 1.22. The largest absolute Gasteiger partial charge is 0.507 e. The standard InChI is InChI=1S/C9H6Cl2OS/c10-4-5-1-2-7-6(9(5)12)3-8(11)13-7/h1-3,12H,4H2. The summed E-state index contributed by atoms with van der Waals surface area (Å²) in [6.45, 7) is 0. The number of fused-ring (bicyclic) bond motifs is 1. The number of rotatable bonds is 1. The molecule has 0 fully saturated rings. The number of phenols is 1. The molecule has 0 atom stereocenters. The first-order chi connectivity index (χ1) is 6.22. The molecule has 1 heterocycles. The maximum atomic E-state index is 9.73. The summed E-state index contributed by atoms with van der Waals surface area (Å²) in [5.41, 5.74) is 0.739. The fraction of sp³-hybridized carbons (Fsp3) is 0.111. The van der Waals surface area contributed by atoms with Crippen LogP contribution in [0.25, 0.3) is 10.1 Å². The van der Waals surface area contributed by atoms with Gasteiger partial charge in [-0.2, -0.15) is 0 Å². The van der Waals surface area contributed by atoms with E-state index in [4.69, 9.17) is 23.2 Å². The second-order valence-corrected chi connectivity index (χ2v) is 4.65. The second kappa shape index (κ2) is 3.37. The van der Waals surface area contributed by atoms with E-state index in [0.29, 0.717) is 10.2 Å². The van der Waals surface area contributed by atoms with Crippen molar-refractivity contribution in [3.05, 3.63) is 28.1 Å². The third kappa shape index (κ3) is 1.50. The minimum Gasteiger partial charge on any atom is -0.507 e. The van der Waals surface area contributed by atoms with Gasteiger partial charge >= 0.3 is 0 Å². The van der Waals surface area contributed by atoms with Crippen LogP contribution in [0.1, 0.15) is 5.56 Å². The van der Waals surface area contributed by atoms with E-state index in [1.807, 2.05) is 12.1 Å². The van der Waals surface area contributed by atoms with Crippen LogP contribution in [0.4, 0.5) is 0 Å². The number of halogens is 2. The molecule has 68 valence electrons. The summed E-state index contributed by atoms with van der Waals surface area (Å²) in [5.74, 6) is 0.561. The summed E-state index contributed by atoms with van der Waals surface area (Å²) in [4.78, 5) is 0. The third-order valence-corrected chi connectivity index (χ3v) is 3.39. The molecule has 0 bridgehead atoms. The highest BCUT2D eigenvalue weighted by Gasteiger charge is 2.08. The van der Waals surface area contributed by atoms with Crippen molar-refractivity contribution in [2.24, 2.45) is 0 Å². The van der Waals surface area contributed by atoms with Crippen LogP contribution >= 0.6 is 34.5 Å². The molecule has 13 heavy (non-hydrogen) atoms. The van der Waals surface area contributed by atoms with E-state index in [1.165, 1.54) is 11.3 Å². The molecule has 0 aliphatic heterocycles. The van der Waals surface area contributed by atoms with Crippen molar-refractivity contribution in [1.82, 2.24) is 0 Å².